The fourth-order valence-corrected chi connectivity index (χ4v) is 3.44. The van der Waals surface area contributed by atoms with E-state index < -0.39 is 21.7 Å². The van der Waals surface area contributed by atoms with Gasteiger partial charge >= 0.3 is 0 Å². The van der Waals surface area contributed by atoms with E-state index in [9.17, 15) is 17.6 Å². The summed E-state index contributed by atoms with van der Waals surface area (Å²) in [5.41, 5.74) is 0.339. The maximum atomic E-state index is 13.1. The van der Waals surface area contributed by atoms with Gasteiger partial charge in [0, 0.05) is 11.7 Å². The molecule has 140 valence electrons. The zero-order valence-electron chi connectivity index (χ0n) is 14.1. The van der Waals surface area contributed by atoms with Gasteiger partial charge in [-0.25, -0.2) is 17.5 Å². The summed E-state index contributed by atoms with van der Waals surface area (Å²) in [7, 11) is -3.58. The molecule has 0 heterocycles. The smallest absolute Gasteiger partial charge is 0.262 e. The van der Waals surface area contributed by atoms with Gasteiger partial charge in [0.05, 0.1) is 9.92 Å². The van der Waals surface area contributed by atoms with Crippen molar-refractivity contribution in [2.24, 2.45) is 0 Å². The first-order valence-corrected chi connectivity index (χ1v) is 9.53. The summed E-state index contributed by atoms with van der Waals surface area (Å²) in [5, 5.41) is 2.42. The minimum absolute atomic E-state index is 0.101. The van der Waals surface area contributed by atoms with Crippen molar-refractivity contribution in [2.45, 2.75) is 24.8 Å². The molecule has 2 N–H and O–H groups in total. The molecule has 0 fully saturated rings. The van der Waals surface area contributed by atoms with Crippen molar-refractivity contribution < 1.29 is 22.3 Å². The van der Waals surface area contributed by atoms with Gasteiger partial charge < -0.3 is 10.1 Å². The van der Waals surface area contributed by atoms with Crippen molar-refractivity contribution in [2.75, 3.05) is 11.9 Å². The summed E-state index contributed by atoms with van der Waals surface area (Å²) >= 11 is 5.64. The maximum Gasteiger partial charge on any atom is 0.262 e. The number of carbonyl (C=O) groups excluding carboxylic acids is 1. The van der Waals surface area contributed by atoms with Crippen LogP contribution in [0.1, 0.15) is 13.8 Å². The van der Waals surface area contributed by atoms with Gasteiger partial charge in [-0.1, -0.05) is 11.6 Å². The van der Waals surface area contributed by atoms with E-state index in [0.29, 0.717) is 11.4 Å². The van der Waals surface area contributed by atoms with Crippen molar-refractivity contribution in [1.29, 1.82) is 0 Å². The molecule has 9 heteroatoms. The molecule has 0 atom stereocenters. The molecule has 0 aliphatic rings. The monoisotopic (exact) mass is 400 g/mol. The van der Waals surface area contributed by atoms with Crippen molar-refractivity contribution in [1.82, 2.24) is 4.72 Å². The first-order chi connectivity index (χ1) is 12.2. The molecule has 0 aliphatic carbocycles. The Balaban J connectivity index is 1.93. The maximum absolute atomic E-state index is 13.1. The number of hydrogen-bond donors (Lipinski definition) is 2. The molecular formula is C17H18ClFN2O4S. The van der Waals surface area contributed by atoms with Gasteiger partial charge in [0.2, 0.25) is 10.0 Å². The summed E-state index contributed by atoms with van der Waals surface area (Å²) in [6.45, 7) is 3.15. The molecule has 0 spiro atoms. The van der Waals surface area contributed by atoms with Gasteiger partial charge in [0.25, 0.3) is 5.91 Å². The summed E-state index contributed by atoms with van der Waals surface area (Å²) in [5.74, 6) is -0.713. The molecule has 0 saturated heterocycles. The second-order valence-electron chi connectivity index (χ2n) is 5.71. The largest absolute Gasteiger partial charge is 0.484 e. The average molecular weight is 401 g/mol. The van der Waals surface area contributed by atoms with Crippen LogP contribution in [-0.2, 0) is 14.8 Å². The highest BCUT2D eigenvalue weighted by Crippen LogP contribution is 2.20. The van der Waals surface area contributed by atoms with E-state index in [1.807, 2.05) is 0 Å². The van der Waals surface area contributed by atoms with Crippen LogP contribution in [0.15, 0.2) is 47.4 Å². The number of rotatable bonds is 7. The number of sulfonamides is 1. The van der Waals surface area contributed by atoms with Gasteiger partial charge in [-0.3, -0.25) is 4.79 Å². The molecule has 0 aliphatic heterocycles. The van der Waals surface area contributed by atoms with Crippen LogP contribution in [0.3, 0.4) is 0 Å². The Hall–Kier alpha value is -2.16. The highest BCUT2D eigenvalue weighted by molar-refractivity contribution is 7.89. The standard InChI is InChI=1S/C17H18ClFN2O4S/c1-11(2)21-26(23,24)14-6-4-13(5-7-14)25-10-17(22)20-12-3-8-16(19)15(18)9-12/h3-9,11,21H,10H2,1-2H3,(H,20,22). The number of halogens is 2. The number of carbonyl (C=O) groups is 1. The molecule has 1 amide bonds. The fourth-order valence-electron chi connectivity index (χ4n) is 2.01. The van der Waals surface area contributed by atoms with Crippen LogP contribution in [0.4, 0.5) is 10.1 Å². The Morgan fingerprint density at radius 1 is 1.19 bits per heavy atom. The minimum atomic E-state index is -3.58. The van der Waals surface area contributed by atoms with E-state index in [4.69, 9.17) is 16.3 Å². The summed E-state index contributed by atoms with van der Waals surface area (Å²) in [4.78, 5) is 12.0. The molecule has 26 heavy (non-hydrogen) atoms. The minimum Gasteiger partial charge on any atom is -0.484 e. The van der Waals surface area contributed by atoms with E-state index in [1.165, 1.54) is 36.4 Å². The second kappa shape index (κ2) is 8.48. The van der Waals surface area contributed by atoms with Crippen LogP contribution in [0, 0.1) is 5.82 Å². The molecular weight excluding hydrogens is 383 g/mol. The lowest BCUT2D eigenvalue weighted by molar-refractivity contribution is -0.118. The summed E-state index contributed by atoms with van der Waals surface area (Å²) in [6.07, 6.45) is 0. The Bertz CT molecular complexity index is 886. The Morgan fingerprint density at radius 3 is 2.42 bits per heavy atom. The van der Waals surface area contributed by atoms with Crippen LogP contribution < -0.4 is 14.8 Å². The topological polar surface area (TPSA) is 84.5 Å². The van der Waals surface area contributed by atoms with Crippen LogP contribution in [0.25, 0.3) is 0 Å². The van der Waals surface area contributed by atoms with Crippen molar-refractivity contribution in [3.63, 3.8) is 0 Å². The van der Waals surface area contributed by atoms with Gasteiger partial charge in [-0.2, -0.15) is 0 Å². The third kappa shape index (κ3) is 5.69. The normalized spacial score (nSPS) is 11.4. The van der Waals surface area contributed by atoms with Crippen molar-refractivity contribution in [3.05, 3.63) is 53.3 Å². The van der Waals surface area contributed by atoms with E-state index >= 15 is 0 Å². The zero-order valence-corrected chi connectivity index (χ0v) is 15.7. The van der Waals surface area contributed by atoms with Gasteiger partial charge in [-0.15, -0.1) is 0 Å². The quantitative estimate of drug-likeness (QED) is 0.747. The molecule has 0 unspecified atom stereocenters. The number of anilines is 1. The first-order valence-electron chi connectivity index (χ1n) is 7.67. The number of nitrogens with one attached hydrogen (secondary N) is 2. The van der Waals surface area contributed by atoms with E-state index in [1.54, 1.807) is 13.8 Å². The predicted octanol–water partition coefficient (Wildman–Crippen LogP) is 3.18. The summed E-state index contributed by atoms with van der Waals surface area (Å²) in [6, 6.07) is 9.27. The average Bonchev–Trinajstić information content (AvgIpc) is 2.55. The number of amides is 1. The van der Waals surface area contributed by atoms with Gasteiger partial charge in [0.15, 0.2) is 6.61 Å². The number of ether oxygens (including phenoxy) is 1. The SMILES string of the molecule is CC(C)NS(=O)(=O)c1ccc(OCC(=O)Nc2ccc(F)c(Cl)c2)cc1. The number of hydrogen-bond acceptors (Lipinski definition) is 4. The molecule has 2 rings (SSSR count). The molecule has 0 saturated carbocycles. The molecule has 0 radical (unpaired) electrons. The lowest BCUT2D eigenvalue weighted by atomic mass is 10.3. The van der Waals surface area contributed by atoms with Gasteiger partial charge in [0.1, 0.15) is 11.6 Å². The lowest BCUT2D eigenvalue weighted by Crippen LogP contribution is -2.30. The third-order valence-corrected chi connectivity index (χ3v) is 5.06. The van der Waals surface area contributed by atoms with Crippen LogP contribution in [-0.4, -0.2) is 27.0 Å². The van der Waals surface area contributed by atoms with E-state index in [0.717, 1.165) is 6.07 Å². The Morgan fingerprint density at radius 2 is 1.85 bits per heavy atom. The Kier molecular flexibility index (Phi) is 6.57. The van der Waals surface area contributed by atoms with Crippen LogP contribution in [0.2, 0.25) is 5.02 Å². The lowest BCUT2D eigenvalue weighted by Gasteiger charge is -2.11. The van der Waals surface area contributed by atoms with Crippen molar-refractivity contribution in [3.8, 4) is 5.75 Å². The molecule has 6 nitrogen and oxygen atoms in total. The molecule has 2 aromatic rings. The second-order valence-corrected chi connectivity index (χ2v) is 7.83. The molecule has 0 aromatic heterocycles. The predicted molar refractivity (Wildman–Crippen MR) is 97.4 cm³/mol. The van der Waals surface area contributed by atoms with Crippen LogP contribution in [0.5, 0.6) is 5.75 Å². The zero-order chi connectivity index (χ0) is 19.3. The Labute approximate surface area is 156 Å². The third-order valence-electron chi connectivity index (χ3n) is 3.10. The van der Waals surface area contributed by atoms with Gasteiger partial charge in [-0.05, 0) is 56.3 Å². The number of benzene rings is 2. The first kappa shape index (κ1) is 20.2. The molecule has 0 bridgehead atoms. The van der Waals surface area contributed by atoms with Crippen molar-refractivity contribution >= 4 is 33.2 Å². The van der Waals surface area contributed by atoms with E-state index in [-0.39, 0.29) is 22.6 Å². The van der Waals surface area contributed by atoms with Crippen LogP contribution >= 0.6 is 11.6 Å². The highest BCUT2D eigenvalue weighted by atomic mass is 35.5. The fraction of sp³-hybridized carbons (Fsp3) is 0.235. The molecule has 2 aromatic carbocycles. The van der Waals surface area contributed by atoms with E-state index in [2.05, 4.69) is 10.0 Å². The highest BCUT2D eigenvalue weighted by Gasteiger charge is 2.15. The summed E-state index contributed by atoms with van der Waals surface area (Å²) < 4.78 is 44.9.